The van der Waals surface area contributed by atoms with E-state index in [-0.39, 0.29) is 11.2 Å². The van der Waals surface area contributed by atoms with Gasteiger partial charge < -0.3 is 4.74 Å². The van der Waals surface area contributed by atoms with E-state index in [4.69, 9.17) is 9.72 Å². The molecule has 0 aliphatic carbocycles. The van der Waals surface area contributed by atoms with Crippen LogP contribution in [0.15, 0.2) is 47.4 Å². The zero-order valence-electron chi connectivity index (χ0n) is 14.2. The smallest absolute Gasteiger partial charge is 0.261 e. The fourth-order valence-corrected chi connectivity index (χ4v) is 3.69. The molecule has 1 saturated heterocycles. The van der Waals surface area contributed by atoms with Crippen molar-refractivity contribution in [1.29, 1.82) is 0 Å². The first kappa shape index (κ1) is 15.3. The summed E-state index contributed by atoms with van der Waals surface area (Å²) in [5.74, 6) is 6.99. The Morgan fingerprint density at radius 3 is 2.85 bits per heavy atom. The molecule has 0 N–H and O–H groups in total. The molecule has 1 aromatic carbocycles. The van der Waals surface area contributed by atoms with Crippen molar-refractivity contribution in [2.75, 3.05) is 6.61 Å². The Labute approximate surface area is 150 Å². The molecule has 2 aromatic heterocycles. The van der Waals surface area contributed by atoms with E-state index >= 15 is 0 Å². The van der Waals surface area contributed by atoms with Gasteiger partial charge in [-0.15, -0.1) is 0 Å². The van der Waals surface area contributed by atoms with Gasteiger partial charge in [-0.1, -0.05) is 12.0 Å². The summed E-state index contributed by atoms with van der Waals surface area (Å²) < 4.78 is 7.56. The summed E-state index contributed by atoms with van der Waals surface area (Å²) in [7, 11) is 0. The Balaban J connectivity index is 1.55. The van der Waals surface area contributed by atoms with Gasteiger partial charge in [-0.3, -0.25) is 9.36 Å². The van der Waals surface area contributed by atoms with Crippen molar-refractivity contribution in [2.24, 2.45) is 0 Å². The highest BCUT2D eigenvalue weighted by Crippen LogP contribution is 2.35. The number of hydrogen-bond donors (Lipinski definition) is 0. The average Bonchev–Trinajstić information content (AvgIpc) is 2.66. The van der Waals surface area contributed by atoms with Crippen LogP contribution in [-0.2, 0) is 17.7 Å². The maximum atomic E-state index is 12.9. The molecule has 1 unspecified atom stereocenters. The molecule has 5 rings (SSSR count). The van der Waals surface area contributed by atoms with Gasteiger partial charge >= 0.3 is 0 Å². The lowest BCUT2D eigenvalue weighted by atomic mass is 9.86. The van der Waals surface area contributed by atoms with Crippen LogP contribution in [0.2, 0.25) is 0 Å². The predicted molar refractivity (Wildman–Crippen MR) is 97.8 cm³/mol. The number of aryl methyl sites for hydroxylation is 1. The second-order valence-corrected chi connectivity index (χ2v) is 6.90. The Hall–Kier alpha value is -2.97. The minimum Gasteiger partial charge on any atom is -0.373 e. The molecule has 0 saturated carbocycles. The second-order valence-electron chi connectivity index (χ2n) is 6.90. The maximum absolute atomic E-state index is 12.9. The molecule has 5 heteroatoms. The van der Waals surface area contributed by atoms with Crippen molar-refractivity contribution >= 4 is 10.9 Å². The fourth-order valence-electron chi connectivity index (χ4n) is 3.69. The lowest BCUT2D eigenvalue weighted by molar-refractivity contribution is -0.166. The summed E-state index contributed by atoms with van der Waals surface area (Å²) in [5, 5.41) is 0.633. The lowest BCUT2D eigenvalue weighted by Crippen LogP contribution is -2.52. The Bertz CT molecular complexity index is 1120. The minimum absolute atomic E-state index is 0.0174. The number of benzene rings is 1. The van der Waals surface area contributed by atoms with Crippen molar-refractivity contribution in [3.63, 3.8) is 0 Å². The monoisotopic (exact) mass is 343 g/mol. The second kappa shape index (κ2) is 5.79. The maximum Gasteiger partial charge on any atom is 0.261 e. The number of aromatic nitrogens is 3. The van der Waals surface area contributed by atoms with E-state index < -0.39 is 0 Å². The van der Waals surface area contributed by atoms with E-state index in [1.807, 2.05) is 36.4 Å². The third-order valence-corrected chi connectivity index (χ3v) is 5.25. The van der Waals surface area contributed by atoms with Crippen LogP contribution >= 0.6 is 0 Å². The Kier molecular flexibility index (Phi) is 3.41. The van der Waals surface area contributed by atoms with E-state index in [0.29, 0.717) is 17.4 Å². The van der Waals surface area contributed by atoms with Crippen LogP contribution in [0, 0.1) is 11.8 Å². The number of ether oxygens (including phenoxy) is 1. The van der Waals surface area contributed by atoms with E-state index in [1.165, 1.54) is 0 Å². The van der Waals surface area contributed by atoms with Crippen molar-refractivity contribution in [2.45, 2.75) is 31.4 Å². The first-order valence-corrected chi connectivity index (χ1v) is 8.83. The van der Waals surface area contributed by atoms with Crippen molar-refractivity contribution in [3.8, 4) is 11.8 Å². The van der Waals surface area contributed by atoms with Gasteiger partial charge in [-0.25, -0.2) is 9.97 Å². The van der Waals surface area contributed by atoms with E-state index in [1.54, 1.807) is 10.8 Å². The van der Waals surface area contributed by atoms with Gasteiger partial charge in [-0.2, -0.15) is 0 Å². The molecule has 3 aromatic rings. The summed E-state index contributed by atoms with van der Waals surface area (Å²) >= 11 is 0. The van der Waals surface area contributed by atoms with E-state index in [9.17, 15) is 4.79 Å². The summed E-state index contributed by atoms with van der Waals surface area (Å²) in [6, 6.07) is 11.2. The van der Waals surface area contributed by atoms with Gasteiger partial charge in [0.1, 0.15) is 11.5 Å². The Morgan fingerprint density at radius 1 is 1.15 bits per heavy atom. The van der Waals surface area contributed by atoms with Crippen LogP contribution in [0.5, 0.6) is 0 Å². The normalized spacial score (nSPS) is 20.9. The highest BCUT2D eigenvalue weighted by Gasteiger charge is 2.42. The summed E-state index contributed by atoms with van der Waals surface area (Å²) in [6.07, 6.45) is 4.45. The topological polar surface area (TPSA) is 57.0 Å². The fraction of sp³-hybridized carbons (Fsp3) is 0.286. The standard InChI is InChI=1S/C21H17N3O2/c25-20-17-7-5-15(4-6-16-3-1-2-11-22-16)13-18(17)23-19-8-9-21(10-12-26-21)14-24(19)20/h1-3,5,7,11,13H,8-10,12,14H2. The molecule has 4 heterocycles. The third-order valence-electron chi connectivity index (χ3n) is 5.25. The molecule has 5 nitrogen and oxygen atoms in total. The lowest BCUT2D eigenvalue weighted by Gasteiger charge is -2.45. The van der Waals surface area contributed by atoms with Crippen LogP contribution in [0.25, 0.3) is 10.9 Å². The summed E-state index contributed by atoms with van der Waals surface area (Å²) in [5.41, 5.74) is 2.13. The van der Waals surface area contributed by atoms with E-state index in [0.717, 1.165) is 43.0 Å². The quantitative estimate of drug-likeness (QED) is 0.588. The molecule has 128 valence electrons. The molecule has 2 aliphatic heterocycles. The van der Waals surface area contributed by atoms with Gasteiger partial charge in [0.05, 0.1) is 29.7 Å². The number of fused-ring (bicyclic) bond motifs is 2. The van der Waals surface area contributed by atoms with Crippen LogP contribution in [0.4, 0.5) is 0 Å². The number of hydrogen-bond acceptors (Lipinski definition) is 4. The first-order valence-electron chi connectivity index (χ1n) is 8.83. The molecule has 1 fully saturated rings. The van der Waals surface area contributed by atoms with Gasteiger partial charge in [0.15, 0.2) is 0 Å². The van der Waals surface area contributed by atoms with Crippen molar-refractivity contribution in [3.05, 3.63) is 70.0 Å². The third kappa shape index (κ3) is 2.51. The molecule has 0 amide bonds. The molecular weight excluding hydrogens is 326 g/mol. The van der Waals surface area contributed by atoms with Crippen LogP contribution in [-0.4, -0.2) is 26.7 Å². The first-order chi connectivity index (χ1) is 12.7. The molecular formula is C21H17N3O2. The predicted octanol–water partition coefficient (Wildman–Crippen LogP) is 2.30. The summed E-state index contributed by atoms with van der Waals surface area (Å²) in [6.45, 7) is 1.41. The molecule has 1 spiro atoms. The number of nitrogens with zero attached hydrogens (tertiary/aromatic N) is 3. The minimum atomic E-state index is -0.139. The van der Waals surface area contributed by atoms with E-state index in [2.05, 4.69) is 16.8 Å². The average molecular weight is 343 g/mol. The van der Waals surface area contributed by atoms with Gasteiger partial charge in [-0.05, 0) is 42.7 Å². The molecule has 26 heavy (non-hydrogen) atoms. The van der Waals surface area contributed by atoms with Gasteiger partial charge in [0.25, 0.3) is 5.56 Å². The van der Waals surface area contributed by atoms with Crippen LogP contribution in [0.3, 0.4) is 0 Å². The van der Waals surface area contributed by atoms with Crippen molar-refractivity contribution < 1.29 is 4.74 Å². The highest BCUT2D eigenvalue weighted by molar-refractivity contribution is 5.79. The largest absolute Gasteiger partial charge is 0.373 e. The molecule has 1 atom stereocenters. The summed E-state index contributed by atoms with van der Waals surface area (Å²) in [4.78, 5) is 21.9. The highest BCUT2D eigenvalue weighted by atomic mass is 16.5. The number of pyridine rings is 1. The SMILES string of the molecule is O=c1c2ccc(C#Cc3ccccn3)cc2nc2n1CC1(CCO1)CC2. The van der Waals surface area contributed by atoms with Crippen molar-refractivity contribution in [1.82, 2.24) is 14.5 Å². The zero-order chi connectivity index (χ0) is 17.6. The van der Waals surface area contributed by atoms with Crippen LogP contribution in [0.1, 0.15) is 29.9 Å². The molecule has 0 radical (unpaired) electrons. The molecule has 0 bridgehead atoms. The van der Waals surface area contributed by atoms with Gasteiger partial charge in [0, 0.05) is 24.6 Å². The number of rotatable bonds is 0. The van der Waals surface area contributed by atoms with Crippen LogP contribution < -0.4 is 5.56 Å². The van der Waals surface area contributed by atoms with Gasteiger partial charge in [0.2, 0.25) is 0 Å². The zero-order valence-corrected chi connectivity index (χ0v) is 14.2. The Morgan fingerprint density at radius 2 is 2.08 bits per heavy atom. The molecule has 2 aliphatic rings.